The number of hydrazine groups is 1. The molecule has 0 saturated carbocycles. The highest BCUT2D eigenvalue weighted by Gasteiger charge is 2.39. The van der Waals surface area contributed by atoms with Gasteiger partial charge in [0.05, 0.1) is 12.3 Å². The topological polar surface area (TPSA) is 93.2 Å². The van der Waals surface area contributed by atoms with Crippen LogP contribution in [0.15, 0.2) is 0 Å². The molecule has 0 aromatic carbocycles. The fraction of sp³-hybridized carbons (Fsp3) is 0.833. The summed E-state index contributed by atoms with van der Waals surface area (Å²) in [6, 6.07) is 0. The maximum absolute atomic E-state index is 11.3. The number of hydrogen-bond donors (Lipinski definition) is 4. The summed E-state index contributed by atoms with van der Waals surface area (Å²) in [6.07, 6.45) is 18.4. The van der Waals surface area contributed by atoms with Gasteiger partial charge in [0, 0.05) is 19.4 Å². The molecule has 0 aromatic heterocycles. The lowest BCUT2D eigenvalue weighted by atomic mass is 9.99. The van der Waals surface area contributed by atoms with Crippen LogP contribution in [0.3, 0.4) is 0 Å². The van der Waals surface area contributed by atoms with Crippen molar-refractivity contribution >= 4 is 5.91 Å². The van der Waals surface area contributed by atoms with Crippen LogP contribution >= 0.6 is 0 Å². The summed E-state index contributed by atoms with van der Waals surface area (Å²) < 4.78 is 0. The van der Waals surface area contributed by atoms with E-state index in [9.17, 15) is 4.79 Å². The molecule has 4 N–H and O–H groups in total. The summed E-state index contributed by atoms with van der Waals surface area (Å²) in [5, 5.41) is 11.3. The van der Waals surface area contributed by atoms with Gasteiger partial charge in [-0.25, -0.2) is 10.9 Å². The van der Waals surface area contributed by atoms with Gasteiger partial charge in [0.1, 0.15) is 0 Å². The molecule has 132 valence electrons. The number of carbonyl (C=O) groups is 1. The minimum atomic E-state index is 0.0158. The maximum Gasteiger partial charge on any atom is 0.220 e. The average molecular weight is 323 g/mol. The lowest BCUT2D eigenvalue weighted by molar-refractivity contribution is -0.121. The van der Waals surface area contributed by atoms with E-state index in [1.165, 1.54) is 38.5 Å². The molecule has 0 aromatic rings. The van der Waals surface area contributed by atoms with E-state index in [1.807, 2.05) is 0 Å². The molecule has 0 unspecified atom stereocenters. The van der Waals surface area contributed by atoms with Crippen molar-refractivity contribution in [1.82, 2.24) is 16.2 Å². The Kier molecular flexibility index (Phi) is 10.7. The molecule has 0 atom stereocenters. The van der Waals surface area contributed by atoms with Gasteiger partial charge in [-0.05, 0) is 25.7 Å². The second-order valence-electron chi connectivity index (χ2n) is 6.44. The van der Waals surface area contributed by atoms with E-state index in [0.717, 1.165) is 32.1 Å². The van der Waals surface area contributed by atoms with Crippen LogP contribution in [0.25, 0.3) is 0 Å². The van der Waals surface area contributed by atoms with Crippen LogP contribution in [0.5, 0.6) is 0 Å². The predicted octanol–water partition coefficient (Wildman–Crippen LogP) is 2.21. The van der Waals surface area contributed by atoms with E-state index in [1.54, 1.807) is 0 Å². The zero-order valence-corrected chi connectivity index (χ0v) is 14.3. The SMILES string of the molecule is C#CCCCC1(CCCCCCCCCC(=O)NCCO)NN1. The molecule has 0 aliphatic carbocycles. The highest BCUT2D eigenvalue weighted by Crippen LogP contribution is 2.25. The second-order valence-corrected chi connectivity index (χ2v) is 6.44. The summed E-state index contributed by atoms with van der Waals surface area (Å²) in [5.74, 6) is 2.75. The molecule has 0 radical (unpaired) electrons. The molecule has 1 saturated heterocycles. The first-order chi connectivity index (χ1) is 11.2. The van der Waals surface area contributed by atoms with Crippen LogP contribution in [-0.4, -0.2) is 29.8 Å². The Balaban J connectivity index is 1.83. The number of aliphatic hydroxyl groups is 1. The Bertz CT molecular complexity index is 362. The Labute approximate surface area is 141 Å². The van der Waals surface area contributed by atoms with Crippen LogP contribution in [-0.2, 0) is 4.79 Å². The number of aliphatic hydroxyl groups excluding tert-OH is 1. The van der Waals surface area contributed by atoms with Crippen molar-refractivity contribution in [3.05, 3.63) is 0 Å². The molecule has 0 bridgehead atoms. The van der Waals surface area contributed by atoms with Crippen molar-refractivity contribution in [2.75, 3.05) is 13.2 Å². The minimum absolute atomic E-state index is 0.0158. The number of amides is 1. The monoisotopic (exact) mass is 323 g/mol. The fourth-order valence-corrected chi connectivity index (χ4v) is 2.84. The number of hydrogen-bond acceptors (Lipinski definition) is 4. The van der Waals surface area contributed by atoms with Crippen molar-refractivity contribution in [3.63, 3.8) is 0 Å². The van der Waals surface area contributed by atoms with Crippen molar-refractivity contribution in [2.45, 2.75) is 82.7 Å². The normalized spacial score (nSPS) is 15.1. The second kappa shape index (κ2) is 12.3. The summed E-state index contributed by atoms with van der Waals surface area (Å²) in [4.78, 5) is 11.3. The molecular formula is C18H33N3O2. The Morgan fingerprint density at radius 1 is 1.00 bits per heavy atom. The minimum Gasteiger partial charge on any atom is -0.395 e. The first-order valence-corrected chi connectivity index (χ1v) is 9.08. The van der Waals surface area contributed by atoms with Gasteiger partial charge in [-0.15, -0.1) is 12.3 Å². The highest BCUT2D eigenvalue weighted by molar-refractivity contribution is 5.75. The maximum atomic E-state index is 11.3. The van der Waals surface area contributed by atoms with Crippen molar-refractivity contribution in [3.8, 4) is 12.3 Å². The Morgan fingerprint density at radius 3 is 2.22 bits per heavy atom. The summed E-state index contributed by atoms with van der Waals surface area (Å²) in [5.41, 5.74) is 6.74. The van der Waals surface area contributed by atoms with Gasteiger partial charge in [0.25, 0.3) is 0 Å². The Hall–Kier alpha value is -1.09. The first-order valence-electron chi connectivity index (χ1n) is 9.08. The molecule has 5 nitrogen and oxygen atoms in total. The first kappa shape index (κ1) is 20.0. The quantitative estimate of drug-likeness (QED) is 0.211. The molecule has 1 amide bonds. The van der Waals surface area contributed by atoms with Gasteiger partial charge in [0.15, 0.2) is 0 Å². The summed E-state index contributed by atoms with van der Waals surface area (Å²) >= 11 is 0. The van der Waals surface area contributed by atoms with E-state index >= 15 is 0 Å². The molecule has 23 heavy (non-hydrogen) atoms. The summed E-state index contributed by atoms with van der Waals surface area (Å²) in [6.45, 7) is 0.384. The smallest absolute Gasteiger partial charge is 0.220 e. The van der Waals surface area contributed by atoms with Crippen LogP contribution in [0, 0.1) is 12.3 Å². The Morgan fingerprint density at radius 2 is 1.61 bits per heavy atom. The van der Waals surface area contributed by atoms with Crippen molar-refractivity contribution in [1.29, 1.82) is 0 Å². The van der Waals surface area contributed by atoms with Gasteiger partial charge >= 0.3 is 0 Å². The van der Waals surface area contributed by atoms with Gasteiger partial charge in [0.2, 0.25) is 5.91 Å². The molecule has 0 spiro atoms. The standard InChI is InChI=1S/C18H33N3O2/c1-2-3-10-13-18(20-21-18)14-11-8-6-4-5-7-9-12-17(23)19-15-16-22/h1,20-22H,3-16H2,(H,19,23). The third-order valence-corrected chi connectivity index (χ3v) is 4.34. The lowest BCUT2D eigenvalue weighted by Crippen LogP contribution is -2.25. The number of unbranched alkanes of at least 4 members (excludes halogenated alkanes) is 7. The van der Waals surface area contributed by atoms with Crippen LogP contribution < -0.4 is 16.2 Å². The molecular weight excluding hydrogens is 290 g/mol. The number of nitrogens with one attached hydrogen (secondary N) is 3. The molecule has 5 heteroatoms. The van der Waals surface area contributed by atoms with Crippen LogP contribution in [0.1, 0.15) is 77.0 Å². The van der Waals surface area contributed by atoms with E-state index in [4.69, 9.17) is 11.5 Å². The van der Waals surface area contributed by atoms with Crippen LogP contribution in [0.4, 0.5) is 0 Å². The van der Waals surface area contributed by atoms with E-state index < -0.39 is 0 Å². The van der Waals surface area contributed by atoms with Crippen LogP contribution in [0.2, 0.25) is 0 Å². The molecule has 1 rings (SSSR count). The highest BCUT2D eigenvalue weighted by atomic mass is 16.3. The molecule has 1 aliphatic rings. The third kappa shape index (κ3) is 10.3. The number of terminal acetylenes is 1. The van der Waals surface area contributed by atoms with Crippen molar-refractivity contribution in [2.24, 2.45) is 0 Å². The molecule has 1 fully saturated rings. The van der Waals surface area contributed by atoms with Crippen molar-refractivity contribution < 1.29 is 9.90 Å². The van der Waals surface area contributed by atoms with E-state index in [0.29, 0.717) is 13.0 Å². The zero-order chi connectivity index (χ0) is 16.8. The number of carbonyl (C=O) groups excluding carboxylic acids is 1. The van der Waals surface area contributed by atoms with E-state index in [-0.39, 0.29) is 18.2 Å². The predicted molar refractivity (Wildman–Crippen MR) is 93.3 cm³/mol. The largest absolute Gasteiger partial charge is 0.395 e. The van der Waals surface area contributed by atoms with Gasteiger partial charge in [-0.3, -0.25) is 4.79 Å². The number of rotatable bonds is 15. The van der Waals surface area contributed by atoms with Gasteiger partial charge in [-0.1, -0.05) is 38.5 Å². The lowest BCUT2D eigenvalue weighted by Gasteiger charge is -2.10. The summed E-state index contributed by atoms with van der Waals surface area (Å²) in [7, 11) is 0. The van der Waals surface area contributed by atoms with Gasteiger partial charge < -0.3 is 10.4 Å². The zero-order valence-electron chi connectivity index (χ0n) is 14.3. The molecule has 1 aliphatic heterocycles. The fourth-order valence-electron chi connectivity index (χ4n) is 2.84. The molecule has 1 heterocycles. The van der Waals surface area contributed by atoms with E-state index in [2.05, 4.69) is 22.1 Å². The van der Waals surface area contributed by atoms with Gasteiger partial charge in [-0.2, -0.15) is 0 Å². The third-order valence-electron chi connectivity index (χ3n) is 4.34. The average Bonchev–Trinajstić information content (AvgIpc) is 3.31.